The van der Waals surface area contributed by atoms with Gasteiger partial charge >= 0.3 is 0 Å². The smallest absolute Gasteiger partial charge is 0.125 e. The van der Waals surface area contributed by atoms with Crippen LogP contribution < -0.4 is 14.2 Å². The van der Waals surface area contributed by atoms with Gasteiger partial charge in [-0.2, -0.15) is 0 Å². The molecular formula is C45H66O3. The third-order valence-electron chi connectivity index (χ3n) is 9.87. The van der Waals surface area contributed by atoms with E-state index in [4.69, 9.17) is 14.2 Å². The van der Waals surface area contributed by atoms with E-state index in [2.05, 4.69) is 119 Å². The van der Waals surface area contributed by atoms with Crippen LogP contribution in [0.2, 0.25) is 0 Å². The lowest BCUT2D eigenvalue weighted by atomic mass is 9.81. The SMILES string of the molecule is CCOc1c2cc(C(C)(C)C)cc1CCCc1cc(C(C)(C)C)cc(c1OCC)CCCc1cc(C(C)(C)C)cc(c1OCC)CCC2. The number of fused-ring (bicyclic) bond motifs is 6. The topological polar surface area (TPSA) is 27.7 Å². The molecule has 3 heteroatoms. The highest BCUT2D eigenvalue weighted by Crippen LogP contribution is 2.39. The van der Waals surface area contributed by atoms with Crippen LogP contribution >= 0.6 is 0 Å². The Kier molecular flexibility index (Phi) is 12.4. The first-order valence-corrected chi connectivity index (χ1v) is 18.9. The van der Waals surface area contributed by atoms with E-state index in [1.807, 2.05) is 0 Å². The molecule has 6 bridgehead atoms. The molecule has 3 aromatic carbocycles. The van der Waals surface area contributed by atoms with E-state index in [0.29, 0.717) is 19.8 Å². The summed E-state index contributed by atoms with van der Waals surface area (Å²) < 4.78 is 19.5. The Labute approximate surface area is 294 Å². The molecule has 0 fully saturated rings. The van der Waals surface area contributed by atoms with E-state index >= 15 is 0 Å². The minimum absolute atomic E-state index is 0.0569. The van der Waals surface area contributed by atoms with Gasteiger partial charge in [-0.15, -0.1) is 0 Å². The van der Waals surface area contributed by atoms with Gasteiger partial charge in [-0.3, -0.25) is 0 Å². The summed E-state index contributed by atoms with van der Waals surface area (Å²) in [6.45, 7) is 29.3. The highest BCUT2D eigenvalue weighted by atomic mass is 16.5. The average molecular weight is 655 g/mol. The van der Waals surface area contributed by atoms with Crippen molar-refractivity contribution in [1.82, 2.24) is 0 Å². The number of hydrogen-bond donors (Lipinski definition) is 0. The van der Waals surface area contributed by atoms with Crippen LogP contribution in [0.1, 0.15) is 152 Å². The van der Waals surface area contributed by atoms with Crippen molar-refractivity contribution in [3.05, 3.63) is 86.5 Å². The Morgan fingerprint density at radius 2 is 0.562 bits per heavy atom. The molecule has 4 rings (SSSR count). The van der Waals surface area contributed by atoms with Crippen molar-refractivity contribution in [3.63, 3.8) is 0 Å². The highest BCUT2D eigenvalue weighted by Gasteiger charge is 2.24. The maximum absolute atomic E-state index is 6.51. The molecule has 3 nitrogen and oxygen atoms in total. The van der Waals surface area contributed by atoms with Crippen LogP contribution in [-0.2, 0) is 54.8 Å². The molecule has 0 saturated heterocycles. The van der Waals surface area contributed by atoms with Gasteiger partial charge in [0.25, 0.3) is 0 Å². The third kappa shape index (κ3) is 9.39. The Bertz CT molecular complexity index is 1260. The van der Waals surface area contributed by atoms with E-state index < -0.39 is 0 Å². The van der Waals surface area contributed by atoms with Gasteiger partial charge in [-0.1, -0.05) is 98.7 Å². The van der Waals surface area contributed by atoms with Crippen LogP contribution in [-0.4, -0.2) is 19.8 Å². The summed E-state index contributed by atoms with van der Waals surface area (Å²) in [4.78, 5) is 0. The lowest BCUT2D eigenvalue weighted by Gasteiger charge is -2.26. The number of aryl methyl sites for hydroxylation is 6. The lowest BCUT2D eigenvalue weighted by Crippen LogP contribution is -2.15. The van der Waals surface area contributed by atoms with Gasteiger partial charge < -0.3 is 14.2 Å². The molecular weight excluding hydrogens is 588 g/mol. The fraction of sp³-hybridized carbons (Fsp3) is 0.600. The highest BCUT2D eigenvalue weighted by molar-refractivity contribution is 5.50. The maximum atomic E-state index is 6.51. The number of rotatable bonds is 6. The molecule has 0 atom stereocenters. The second-order valence-corrected chi connectivity index (χ2v) is 17.0. The summed E-state index contributed by atoms with van der Waals surface area (Å²) >= 11 is 0. The quantitative estimate of drug-likeness (QED) is 0.265. The van der Waals surface area contributed by atoms with Crippen molar-refractivity contribution >= 4 is 0 Å². The van der Waals surface area contributed by atoms with Crippen LogP contribution in [0, 0.1) is 0 Å². The zero-order chi connectivity index (χ0) is 35.3. The lowest BCUT2D eigenvalue weighted by molar-refractivity contribution is 0.328. The maximum Gasteiger partial charge on any atom is 0.125 e. The molecule has 0 heterocycles. The molecule has 1 aliphatic carbocycles. The summed E-state index contributed by atoms with van der Waals surface area (Å²) in [5.41, 5.74) is 12.4. The van der Waals surface area contributed by atoms with Gasteiger partial charge in [0, 0.05) is 0 Å². The first-order valence-electron chi connectivity index (χ1n) is 18.9. The summed E-state index contributed by atoms with van der Waals surface area (Å²) in [7, 11) is 0. The monoisotopic (exact) mass is 655 g/mol. The van der Waals surface area contributed by atoms with Crippen molar-refractivity contribution in [1.29, 1.82) is 0 Å². The zero-order valence-corrected chi connectivity index (χ0v) is 32.7. The molecule has 0 N–H and O–H groups in total. The Balaban J connectivity index is 1.93. The van der Waals surface area contributed by atoms with Gasteiger partial charge in [0.15, 0.2) is 0 Å². The van der Waals surface area contributed by atoms with Crippen LogP contribution in [0.3, 0.4) is 0 Å². The molecule has 0 radical (unpaired) electrons. The molecule has 0 saturated carbocycles. The van der Waals surface area contributed by atoms with Gasteiger partial charge in [0.2, 0.25) is 0 Å². The average Bonchev–Trinajstić information content (AvgIpc) is 2.98. The Morgan fingerprint density at radius 1 is 0.375 bits per heavy atom. The fourth-order valence-electron chi connectivity index (χ4n) is 7.07. The summed E-state index contributed by atoms with van der Waals surface area (Å²) in [6.07, 6.45) is 9.07. The Morgan fingerprint density at radius 3 is 0.708 bits per heavy atom. The second kappa shape index (κ2) is 15.7. The molecule has 48 heavy (non-hydrogen) atoms. The van der Waals surface area contributed by atoms with Gasteiger partial charge in [-0.25, -0.2) is 0 Å². The summed E-state index contributed by atoms with van der Waals surface area (Å²) in [5.74, 6) is 3.32. The normalized spacial score (nSPS) is 15.0. The van der Waals surface area contributed by atoms with Crippen LogP contribution in [0.15, 0.2) is 36.4 Å². The van der Waals surface area contributed by atoms with Crippen LogP contribution in [0.5, 0.6) is 17.2 Å². The van der Waals surface area contributed by atoms with E-state index in [0.717, 1.165) is 75.0 Å². The van der Waals surface area contributed by atoms with Gasteiger partial charge in [0.1, 0.15) is 17.2 Å². The molecule has 0 aromatic heterocycles. The third-order valence-corrected chi connectivity index (χ3v) is 9.87. The molecule has 0 aliphatic heterocycles. The van der Waals surface area contributed by atoms with Gasteiger partial charge in [-0.05, 0) is 145 Å². The second-order valence-electron chi connectivity index (χ2n) is 17.0. The van der Waals surface area contributed by atoms with Crippen LogP contribution in [0.4, 0.5) is 0 Å². The van der Waals surface area contributed by atoms with Crippen molar-refractivity contribution in [2.75, 3.05) is 19.8 Å². The van der Waals surface area contributed by atoms with Crippen molar-refractivity contribution in [2.45, 2.75) is 157 Å². The minimum atomic E-state index is 0.0569. The largest absolute Gasteiger partial charge is 0.493 e. The first-order chi connectivity index (χ1) is 22.6. The Hall–Kier alpha value is -2.94. The molecule has 0 unspecified atom stereocenters. The standard InChI is InChI=1S/C45H66O3/c1-13-46-40-31-19-16-21-33-27-38(44(7,8)9)29-35(41(33)47-14-2)23-18-24-36-30-39(45(10,11)12)28-34(42(36)48-15-3)22-17-20-32(40)26-37(25-31)43(4,5)6/h25-30H,13-24H2,1-12H3. The van der Waals surface area contributed by atoms with E-state index in [1.165, 1.54) is 50.1 Å². The predicted molar refractivity (Wildman–Crippen MR) is 205 cm³/mol. The molecule has 1 aliphatic rings. The van der Waals surface area contributed by atoms with Crippen molar-refractivity contribution < 1.29 is 14.2 Å². The molecule has 3 aromatic rings. The van der Waals surface area contributed by atoms with E-state index in [1.54, 1.807) is 0 Å². The summed E-state index contributed by atoms with van der Waals surface area (Å²) in [5, 5.41) is 0. The predicted octanol–water partition coefficient (Wildman–Crippen LogP) is 11.6. The van der Waals surface area contributed by atoms with Crippen molar-refractivity contribution in [3.8, 4) is 17.2 Å². The molecule has 0 amide bonds. The number of benzene rings is 3. The van der Waals surface area contributed by atoms with Crippen LogP contribution in [0.25, 0.3) is 0 Å². The molecule has 0 spiro atoms. The fourth-order valence-corrected chi connectivity index (χ4v) is 7.07. The molecule has 264 valence electrons. The van der Waals surface area contributed by atoms with E-state index in [9.17, 15) is 0 Å². The van der Waals surface area contributed by atoms with Crippen molar-refractivity contribution in [2.24, 2.45) is 0 Å². The van der Waals surface area contributed by atoms with E-state index in [-0.39, 0.29) is 16.2 Å². The van der Waals surface area contributed by atoms with Gasteiger partial charge in [0.05, 0.1) is 19.8 Å². The zero-order valence-electron chi connectivity index (χ0n) is 32.7. The number of hydrogen-bond acceptors (Lipinski definition) is 3. The number of ether oxygens (including phenoxy) is 3. The summed E-state index contributed by atoms with van der Waals surface area (Å²) in [6, 6.07) is 14.6. The minimum Gasteiger partial charge on any atom is -0.493 e. The first kappa shape index (κ1) is 37.9.